The van der Waals surface area contributed by atoms with E-state index in [9.17, 15) is 49.0 Å². The molecule has 2 aromatic rings. The third-order valence-electron chi connectivity index (χ3n) is 8.00. The average Bonchev–Trinajstić information content (AvgIpc) is 3.11. The van der Waals surface area contributed by atoms with Crippen LogP contribution in [0.4, 0.5) is 22.7 Å². The maximum absolute atomic E-state index is 13.3. The summed E-state index contributed by atoms with van der Waals surface area (Å²) in [5, 5.41) is 39.9. The first-order chi connectivity index (χ1) is 25.0. The van der Waals surface area contributed by atoms with Gasteiger partial charge in [-0.3, -0.25) is 49.0 Å². The van der Waals surface area contributed by atoms with Gasteiger partial charge in [-0.1, -0.05) is 46.2 Å². The molecular weight excluding hydrogens is 696 g/mol. The van der Waals surface area contributed by atoms with Crippen LogP contribution < -0.4 is 43.0 Å². The molecule has 20 heteroatoms. The zero-order valence-electron chi connectivity index (χ0n) is 30.0. The van der Waals surface area contributed by atoms with Crippen LogP contribution in [0.5, 0.6) is 0 Å². The van der Waals surface area contributed by atoms with Crippen LogP contribution in [0.25, 0.3) is 0 Å². The number of carbonyl (C=O) groups is 6. The second-order valence-corrected chi connectivity index (χ2v) is 12.4. The molecule has 6 amide bonds. The zero-order valence-corrected chi connectivity index (χ0v) is 30.0. The molecule has 0 saturated heterocycles. The molecule has 0 heterocycles. The predicted octanol–water partition coefficient (Wildman–Crippen LogP) is 0.336. The first-order valence-corrected chi connectivity index (χ1v) is 16.7. The van der Waals surface area contributed by atoms with Crippen LogP contribution in [0.15, 0.2) is 42.5 Å². The van der Waals surface area contributed by atoms with Gasteiger partial charge in [0.05, 0.1) is 34.6 Å². The Balaban J connectivity index is 1.81. The van der Waals surface area contributed by atoms with E-state index in [0.29, 0.717) is 6.42 Å². The van der Waals surface area contributed by atoms with E-state index >= 15 is 0 Å². The summed E-state index contributed by atoms with van der Waals surface area (Å²) in [6.07, 6.45) is 0.538. The summed E-state index contributed by atoms with van der Waals surface area (Å²) in [5.74, 6) is -4.56. The summed E-state index contributed by atoms with van der Waals surface area (Å²) < 4.78 is 0. The molecule has 0 bridgehead atoms. The third kappa shape index (κ3) is 13.4. The van der Waals surface area contributed by atoms with Gasteiger partial charge in [0.25, 0.3) is 17.3 Å². The second kappa shape index (κ2) is 20.5. The predicted molar refractivity (Wildman–Crippen MR) is 193 cm³/mol. The lowest BCUT2D eigenvalue weighted by molar-refractivity contribution is -0.393. The minimum Gasteiger partial charge on any atom is -0.398 e. The highest BCUT2D eigenvalue weighted by Crippen LogP contribution is 2.28. The summed E-state index contributed by atoms with van der Waals surface area (Å²) in [5.41, 5.74) is 5.40. The van der Waals surface area contributed by atoms with Crippen molar-refractivity contribution in [2.45, 2.75) is 59.2 Å². The summed E-state index contributed by atoms with van der Waals surface area (Å²) in [6.45, 7) is 7.34. The van der Waals surface area contributed by atoms with Crippen LogP contribution in [0.3, 0.4) is 0 Å². The summed E-state index contributed by atoms with van der Waals surface area (Å²) in [4.78, 5) is 97.0. The molecule has 2 rings (SSSR count). The van der Waals surface area contributed by atoms with Gasteiger partial charge in [-0.25, -0.2) is 0 Å². The number of nitrogen functional groups attached to an aromatic ring is 1. The molecule has 0 aliphatic carbocycles. The number of carbonyl (C=O) groups excluding carboxylic acids is 6. The molecule has 20 nitrogen and oxygen atoms in total. The fraction of sp³-hybridized carbons (Fsp3) is 0.455. The van der Waals surface area contributed by atoms with Crippen molar-refractivity contribution in [2.24, 2.45) is 11.8 Å². The summed E-state index contributed by atoms with van der Waals surface area (Å²) in [7, 11) is 0. The number of rotatable bonds is 20. The lowest BCUT2D eigenvalue weighted by Gasteiger charge is -2.28. The van der Waals surface area contributed by atoms with E-state index in [2.05, 4.69) is 37.2 Å². The molecule has 288 valence electrons. The molecule has 53 heavy (non-hydrogen) atoms. The normalized spacial score (nSPS) is 12.9. The SMILES string of the molecule is CC[C@H](C)[C@H](NC(=O)c1ccccc1N)C(=O)N[C@H](C(=O)NCC(=O)NCC(=O)N[C@@H](C)C(=O)NCCNc1ccc([N+](=O)[O-])cc1[N+](=O)[O-])C(C)C. The summed E-state index contributed by atoms with van der Waals surface area (Å²) >= 11 is 0. The van der Waals surface area contributed by atoms with Crippen molar-refractivity contribution in [1.82, 2.24) is 31.9 Å². The van der Waals surface area contributed by atoms with Crippen molar-refractivity contribution in [1.29, 1.82) is 0 Å². The van der Waals surface area contributed by atoms with Crippen molar-refractivity contribution in [3.05, 3.63) is 68.3 Å². The van der Waals surface area contributed by atoms with Gasteiger partial charge < -0.3 is 43.0 Å². The van der Waals surface area contributed by atoms with Crippen molar-refractivity contribution >= 4 is 58.2 Å². The lowest BCUT2D eigenvalue weighted by atomic mass is 9.96. The Morgan fingerprint density at radius 3 is 2.00 bits per heavy atom. The molecule has 0 radical (unpaired) electrons. The molecule has 0 aliphatic heterocycles. The minimum absolute atomic E-state index is 0.0127. The number of nitro benzene ring substituents is 2. The maximum Gasteiger partial charge on any atom is 0.299 e. The number of nitro groups is 2. The van der Waals surface area contributed by atoms with Gasteiger partial charge in [-0.05, 0) is 37.0 Å². The number of nitrogens with one attached hydrogen (secondary N) is 7. The first-order valence-electron chi connectivity index (χ1n) is 16.7. The van der Waals surface area contributed by atoms with Gasteiger partial charge in [-0.15, -0.1) is 0 Å². The number of para-hydroxylation sites is 1. The number of non-ortho nitro benzene ring substituents is 1. The summed E-state index contributed by atoms with van der Waals surface area (Å²) in [6, 6.07) is 6.40. The average molecular weight is 743 g/mol. The third-order valence-corrected chi connectivity index (χ3v) is 8.00. The highest BCUT2D eigenvalue weighted by molar-refractivity contribution is 6.02. The van der Waals surface area contributed by atoms with Crippen molar-refractivity contribution in [3.8, 4) is 0 Å². The molecule has 2 aromatic carbocycles. The Kier molecular flexibility index (Phi) is 16.6. The first kappa shape index (κ1) is 42.8. The van der Waals surface area contributed by atoms with Crippen molar-refractivity contribution < 1.29 is 38.6 Å². The van der Waals surface area contributed by atoms with Gasteiger partial charge >= 0.3 is 0 Å². The Hall–Kier alpha value is -6.34. The van der Waals surface area contributed by atoms with E-state index in [1.165, 1.54) is 19.1 Å². The Morgan fingerprint density at radius 2 is 1.40 bits per heavy atom. The van der Waals surface area contributed by atoms with Gasteiger partial charge in [0.1, 0.15) is 23.8 Å². The van der Waals surface area contributed by atoms with Crippen molar-refractivity contribution in [2.75, 3.05) is 37.2 Å². The van der Waals surface area contributed by atoms with Gasteiger partial charge in [0.2, 0.25) is 29.5 Å². The number of hydrogen-bond donors (Lipinski definition) is 8. The van der Waals surface area contributed by atoms with Crippen LogP contribution in [-0.4, -0.2) is 89.6 Å². The molecule has 0 spiro atoms. The van der Waals surface area contributed by atoms with E-state index in [1.54, 1.807) is 39.0 Å². The molecule has 0 saturated carbocycles. The topological polar surface area (TPSA) is 299 Å². The van der Waals surface area contributed by atoms with E-state index in [4.69, 9.17) is 5.73 Å². The molecule has 0 aromatic heterocycles. The Morgan fingerprint density at radius 1 is 0.736 bits per heavy atom. The molecule has 4 atom stereocenters. The minimum atomic E-state index is -1.07. The van der Waals surface area contributed by atoms with Crippen LogP contribution >= 0.6 is 0 Å². The van der Waals surface area contributed by atoms with E-state index in [0.717, 1.165) is 12.1 Å². The van der Waals surface area contributed by atoms with Crippen LogP contribution in [-0.2, 0) is 24.0 Å². The number of amides is 6. The Labute approximate surface area is 305 Å². The number of anilines is 2. The van der Waals surface area contributed by atoms with Crippen LogP contribution in [0.1, 0.15) is 51.4 Å². The molecule has 0 unspecified atom stereocenters. The number of benzene rings is 2. The fourth-order valence-corrected chi connectivity index (χ4v) is 4.75. The highest BCUT2D eigenvalue weighted by Gasteiger charge is 2.32. The highest BCUT2D eigenvalue weighted by atomic mass is 16.6. The van der Waals surface area contributed by atoms with Crippen LogP contribution in [0.2, 0.25) is 0 Å². The van der Waals surface area contributed by atoms with Gasteiger partial charge in [0, 0.05) is 24.8 Å². The smallest absolute Gasteiger partial charge is 0.299 e. The van der Waals surface area contributed by atoms with E-state index in [1.807, 2.05) is 6.92 Å². The number of nitrogens with two attached hydrogens (primary N) is 1. The van der Waals surface area contributed by atoms with E-state index < -0.39 is 93.8 Å². The molecule has 0 fully saturated rings. The standard InChI is InChI=1S/C33H46N10O10/c1-6-19(4)29(41-31(47)22-9-7-8-10-23(22)34)33(49)40-28(18(2)3)32(48)38-16-26(44)37-17-27(45)39-20(5)30(46)36-14-13-35-24-12-11-21(42(50)51)15-25(24)43(52)53/h7-12,15,18-20,28-29,35H,6,13-14,16-17,34H2,1-5H3,(H,36,46)(H,37,44)(H,38,48)(H,39,45)(H,40,49)(H,41,47)/t19-,20-,28-,29-/m0/s1. The zero-order chi connectivity index (χ0) is 39.8. The van der Waals surface area contributed by atoms with Gasteiger partial charge in [0.15, 0.2) is 0 Å². The second-order valence-electron chi connectivity index (χ2n) is 12.4. The number of hydrogen-bond acceptors (Lipinski definition) is 12. The maximum atomic E-state index is 13.3. The monoisotopic (exact) mass is 742 g/mol. The number of nitrogens with zero attached hydrogens (tertiary/aromatic N) is 2. The largest absolute Gasteiger partial charge is 0.398 e. The van der Waals surface area contributed by atoms with Gasteiger partial charge in [-0.2, -0.15) is 0 Å². The molecular formula is C33H46N10O10. The van der Waals surface area contributed by atoms with Crippen LogP contribution in [0, 0.1) is 32.1 Å². The quantitative estimate of drug-likeness (QED) is 0.0394. The lowest BCUT2D eigenvalue weighted by Crippen LogP contribution is -2.57. The fourth-order valence-electron chi connectivity index (χ4n) is 4.75. The van der Waals surface area contributed by atoms with E-state index in [-0.39, 0.29) is 35.9 Å². The Bertz CT molecular complexity index is 1690. The molecule has 9 N–H and O–H groups in total. The molecule has 0 aliphatic rings. The van der Waals surface area contributed by atoms with Crippen molar-refractivity contribution in [3.63, 3.8) is 0 Å².